The first-order chi connectivity index (χ1) is 9.42. The number of nitrogens with one attached hydrogen (secondary N) is 2. The van der Waals surface area contributed by atoms with Crippen molar-refractivity contribution in [3.05, 3.63) is 60.4 Å². The number of hydroxylamine groups is 1. The Morgan fingerprint density at radius 2 is 2.00 bits per heavy atom. The van der Waals surface area contributed by atoms with Crippen LogP contribution in [0.3, 0.4) is 0 Å². The Hall–Kier alpha value is -2.33. The fraction of sp³-hybridized carbons (Fsp3) is 0.133. The van der Waals surface area contributed by atoms with Crippen molar-refractivity contribution < 1.29 is 4.84 Å². The number of hydrogen-bond donors (Lipinski definition) is 2. The Labute approximate surface area is 111 Å². The van der Waals surface area contributed by atoms with Gasteiger partial charge in [0.2, 0.25) is 0 Å². The fourth-order valence-corrected chi connectivity index (χ4v) is 1.95. The number of para-hydroxylation sites is 1. The summed E-state index contributed by atoms with van der Waals surface area (Å²) in [7, 11) is 0. The van der Waals surface area contributed by atoms with Gasteiger partial charge in [0.1, 0.15) is 5.75 Å². The van der Waals surface area contributed by atoms with Crippen LogP contribution in [-0.2, 0) is 6.42 Å². The number of H-pyrrole nitrogens is 1. The highest BCUT2D eigenvalue weighted by molar-refractivity contribution is 5.75. The van der Waals surface area contributed by atoms with E-state index in [1.165, 1.54) is 5.56 Å². The summed E-state index contributed by atoms with van der Waals surface area (Å²) in [6, 6.07) is 15.9. The van der Waals surface area contributed by atoms with Crippen molar-refractivity contribution in [1.82, 2.24) is 15.4 Å². The molecule has 3 aromatic rings. The highest BCUT2D eigenvalue weighted by Gasteiger charge is 1.99. The number of fused-ring (bicyclic) bond motifs is 1. The number of benzene rings is 2. The normalized spacial score (nSPS) is 10.7. The fourth-order valence-electron chi connectivity index (χ4n) is 1.95. The molecule has 4 nitrogen and oxygen atoms in total. The molecule has 0 unspecified atom stereocenters. The van der Waals surface area contributed by atoms with Crippen LogP contribution in [0.5, 0.6) is 5.75 Å². The lowest BCUT2D eigenvalue weighted by Crippen LogP contribution is -2.21. The third-order valence-corrected chi connectivity index (χ3v) is 2.93. The van der Waals surface area contributed by atoms with E-state index in [0.717, 1.165) is 29.7 Å². The van der Waals surface area contributed by atoms with Crippen molar-refractivity contribution in [3.63, 3.8) is 0 Å². The molecule has 0 saturated carbocycles. The van der Waals surface area contributed by atoms with Crippen molar-refractivity contribution >= 4 is 11.0 Å². The maximum atomic E-state index is 5.43. The van der Waals surface area contributed by atoms with E-state index in [9.17, 15) is 0 Å². The summed E-state index contributed by atoms with van der Waals surface area (Å²) in [4.78, 5) is 12.8. The smallest absolute Gasteiger partial charge is 0.147 e. The highest BCUT2D eigenvalue weighted by Crippen LogP contribution is 2.12. The Balaban J connectivity index is 1.52. The molecule has 4 heteroatoms. The minimum atomic E-state index is 0.755. The zero-order valence-corrected chi connectivity index (χ0v) is 10.5. The molecule has 1 heterocycles. The van der Waals surface area contributed by atoms with Crippen molar-refractivity contribution in [2.45, 2.75) is 6.42 Å². The summed E-state index contributed by atoms with van der Waals surface area (Å²) >= 11 is 0. The second-order valence-electron chi connectivity index (χ2n) is 4.31. The molecule has 0 aliphatic heterocycles. The van der Waals surface area contributed by atoms with E-state index in [1.54, 1.807) is 6.33 Å². The number of rotatable bonds is 5. The SMILES string of the molecule is c1ccc(ONCCc2ccc3[nH]cnc3c2)cc1. The number of imidazole rings is 1. The lowest BCUT2D eigenvalue weighted by molar-refractivity contribution is 0.197. The van der Waals surface area contributed by atoms with Crippen molar-refractivity contribution in [3.8, 4) is 5.75 Å². The first kappa shape index (κ1) is 11.7. The van der Waals surface area contributed by atoms with Gasteiger partial charge in [0.25, 0.3) is 0 Å². The summed E-state index contributed by atoms with van der Waals surface area (Å²) in [5.74, 6) is 0.824. The van der Waals surface area contributed by atoms with E-state index >= 15 is 0 Å². The van der Waals surface area contributed by atoms with E-state index in [0.29, 0.717) is 0 Å². The molecule has 0 atom stereocenters. The van der Waals surface area contributed by atoms with Gasteiger partial charge in [-0.15, -0.1) is 0 Å². The van der Waals surface area contributed by atoms with Gasteiger partial charge in [-0.25, -0.2) is 4.98 Å². The summed E-state index contributed by atoms with van der Waals surface area (Å²) in [6.07, 6.45) is 2.61. The number of aromatic nitrogens is 2. The maximum absolute atomic E-state index is 5.43. The summed E-state index contributed by atoms with van der Waals surface area (Å²) < 4.78 is 0. The molecule has 0 fully saturated rings. The first-order valence-corrected chi connectivity index (χ1v) is 6.28. The van der Waals surface area contributed by atoms with Gasteiger partial charge in [-0.3, -0.25) is 0 Å². The second-order valence-corrected chi connectivity index (χ2v) is 4.31. The van der Waals surface area contributed by atoms with Crippen LogP contribution in [0.4, 0.5) is 0 Å². The average molecular weight is 253 g/mol. The molecule has 2 N–H and O–H groups in total. The minimum absolute atomic E-state index is 0.755. The molecule has 0 aliphatic rings. The van der Waals surface area contributed by atoms with Gasteiger partial charge < -0.3 is 9.82 Å². The van der Waals surface area contributed by atoms with E-state index in [1.807, 2.05) is 30.3 Å². The predicted molar refractivity (Wildman–Crippen MR) is 74.9 cm³/mol. The third-order valence-electron chi connectivity index (χ3n) is 2.93. The van der Waals surface area contributed by atoms with Crippen LogP contribution in [0.1, 0.15) is 5.56 Å². The number of nitrogens with zero attached hydrogens (tertiary/aromatic N) is 1. The molecule has 0 amide bonds. The van der Waals surface area contributed by atoms with Crippen LogP contribution < -0.4 is 10.3 Å². The third kappa shape index (κ3) is 2.92. The quantitative estimate of drug-likeness (QED) is 0.543. The topological polar surface area (TPSA) is 49.9 Å². The zero-order valence-electron chi connectivity index (χ0n) is 10.5. The molecule has 0 radical (unpaired) electrons. The van der Waals surface area contributed by atoms with Crippen LogP contribution in [0.25, 0.3) is 11.0 Å². The highest BCUT2D eigenvalue weighted by atomic mass is 16.6. The minimum Gasteiger partial charge on any atom is -0.409 e. The van der Waals surface area contributed by atoms with Gasteiger partial charge in [-0.05, 0) is 36.2 Å². The second kappa shape index (κ2) is 5.54. The Bertz CT molecular complexity index is 649. The molecular formula is C15H15N3O. The van der Waals surface area contributed by atoms with Crippen LogP contribution in [-0.4, -0.2) is 16.5 Å². The van der Waals surface area contributed by atoms with Crippen molar-refractivity contribution in [2.24, 2.45) is 0 Å². The molecule has 96 valence electrons. The Morgan fingerprint density at radius 1 is 1.11 bits per heavy atom. The molecule has 19 heavy (non-hydrogen) atoms. The lowest BCUT2D eigenvalue weighted by atomic mass is 10.1. The molecule has 0 bridgehead atoms. The summed E-state index contributed by atoms with van der Waals surface area (Å²) in [5.41, 5.74) is 6.27. The van der Waals surface area contributed by atoms with Crippen LogP contribution >= 0.6 is 0 Å². The number of aromatic amines is 1. The molecule has 1 aromatic heterocycles. The maximum Gasteiger partial charge on any atom is 0.147 e. The predicted octanol–water partition coefficient (Wildman–Crippen LogP) is 2.69. The van der Waals surface area contributed by atoms with Crippen molar-refractivity contribution in [2.75, 3.05) is 6.54 Å². The summed E-state index contributed by atoms with van der Waals surface area (Å²) in [6.45, 7) is 0.755. The monoisotopic (exact) mass is 253 g/mol. The van der Waals surface area contributed by atoms with E-state index in [-0.39, 0.29) is 0 Å². The Morgan fingerprint density at radius 3 is 2.89 bits per heavy atom. The molecule has 3 rings (SSSR count). The molecule has 0 saturated heterocycles. The van der Waals surface area contributed by atoms with Gasteiger partial charge in [-0.1, -0.05) is 24.3 Å². The van der Waals surface area contributed by atoms with Crippen LogP contribution in [0.15, 0.2) is 54.9 Å². The van der Waals surface area contributed by atoms with Gasteiger partial charge >= 0.3 is 0 Å². The van der Waals surface area contributed by atoms with Gasteiger partial charge in [0, 0.05) is 6.54 Å². The van der Waals surface area contributed by atoms with E-state index in [2.05, 4.69) is 33.6 Å². The van der Waals surface area contributed by atoms with Crippen molar-refractivity contribution in [1.29, 1.82) is 0 Å². The van der Waals surface area contributed by atoms with Gasteiger partial charge in [0.05, 0.1) is 17.4 Å². The average Bonchev–Trinajstić information content (AvgIpc) is 2.92. The van der Waals surface area contributed by atoms with E-state index < -0.39 is 0 Å². The largest absolute Gasteiger partial charge is 0.409 e. The molecule has 0 aliphatic carbocycles. The van der Waals surface area contributed by atoms with Gasteiger partial charge in [-0.2, -0.15) is 5.48 Å². The molecule has 2 aromatic carbocycles. The van der Waals surface area contributed by atoms with Crippen LogP contribution in [0, 0.1) is 0 Å². The standard InChI is InChI=1S/C15H15N3O/c1-2-4-13(5-3-1)19-18-9-8-12-6-7-14-15(10-12)17-11-16-14/h1-7,10-11,18H,8-9H2,(H,16,17). The lowest BCUT2D eigenvalue weighted by Gasteiger charge is -2.06. The molecular weight excluding hydrogens is 238 g/mol. The first-order valence-electron chi connectivity index (χ1n) is 6.28. The zero-order chi connectivity index (χ0) is 12.9. The Kier molecular flexibility index (Phi) is 3.42. The summed E-state index contributed by atoms with van der Waals surface area (Å²) in [5, 5.41) is 0. The number of hydrogen-bond acceptors (Lipinski definition) is 3. The molecule has 0 spiro atoms. The van der Waals surface area contributed by atoms with Crippen LogP contribution in [0.2, 0.25) is 0 Å². The van der Waals surface area contributed by atoms with E-state index in [4.69, 9.17) is 4.84 Å². The van der Waals surface area contributed by atoms with Gasteiger partial charge in [0.15, 0.2) is 0 Å².